The van der Waals surface area contributed by atoms with Crippen molar-refractivity contribution in [3.05, 3.63) is 87.8 Å². The van der Waals surface area contributed by atoms with Crippen LogP contribution in [0.1, 0.15) is 24.1 Å². The van der Waals surface area contributed by atoms with E-state index in [1.54, 1.807) is 6.07 Å². The molecule has 2 nitrogen and oxygen atoms in total. The predicted molar refractivity (Wildman–Crippen MR) is 134 cm³/mol. The maximum atomic E-state index is 14.7. The third kappa shape index (κ3) is 4.55. The number of thioether (sulfide) groups is 1. The molecular weight excluding hydrogens is 462 g/mol. The molecule has 0 bridgehead atoms. The lowest BCUT2D eigenvalue weighted by molar-refractivity contribution is 0.447. The fraction of sp³-hybridized carbons (Fsp3) is 0.231. The second-order valence-electron chi connectivity index (χ2n) is 8.16. The molecule has 6 heteroatoms. The summed E-state index contributed by atoms with van der Waals surface area (Å²) in [5.41, 5.74) is 5.01. The fourth-order valence-electron chi connectivity index (χ4n) is 4.45. The van der Waals surface area contributed by atoms with Gasteiger partial charge in [0.25, 0.3) is 0 Å². The first-order valence-electron chi connectivity index (χ1n) is 10.8. The van der Waals surface area contributed by atoms with Gasteiger partial charge in [-0.3, -0.25) is 0 Å². The zero-order chi connectivity index (χ0) is 22.1. The number of hydrogen-bond donors (Lipinski definition) is 2. The minimum atomic E-state index is -0.206. The Bertz CT molecular complexity index is 1240. The normalized spacial score (nSPS) is 15.8. The minimum Gasteiger partial charge on any atom is -0.356 e. The fourth-order valence-corrected chi connectivity index (χ4v) is 5.58. The average molecular weight is 485 g/mol. The summed E-state index contributed by atoms with van der Waals surface area (Å²) in [4.78, 5) is 4.64. The molecule has 0 radical (unpaired) electrons. The van der Waals surface area contributed by atoms with Gasteiger partial charge in [0.2, 0.25) is 0 Å². The standard InChI is InChI=1S/C26H23Cl2FN2S/c27-17-5-3-16(4-6-17)21-11-12-23(29)26-25(21)22-15-30-19(14-24(22)31-26)2-1-13-32-20-9-7-18(28)8-10-20/h3-12,19,30-31H,1-2,13-15H2. The lowest BCUT2D eigenvalue weighted by atomic mass is 9.94. The van der Waals surface area contributed by atoms with E-state index in [-0.39, 0.29) is 5.82 Å². The van der Waals surface area contributed by atoms with Crippen molar-refractivity contribution in [3.8, 4) is 11.1 Å². The number of nitrogens with one attached hydrogen (secondary N) is 2. The lowest BCUT2D eigenvalue weighted by Crippen LogP contribution is -2.35. The third-order valence-electron chi connectivity index (χ3n) is 6.05. The number of rotatable bonds is 6. The average Bonchev–Trinajstić information content (AvgIpc) is 3.19. The van der Waals surface area contributed by atoms with E-state index in [0.29, 0.717) is 16.6 Å². The largest absolute Gasteiger partial charge is 0.356 e. The SMILES string of the molecule is Fc1ccc(-c2ccc(Cl)cc2)c2c3c([nH]c12)CC(CCCSc1ccc(Cl)cc1)NC3. The van der Waals surface area contributed by atoms with Gasteiger partial charge >= 0.3 is 0 Å². The van der Waals surface area contributed by atoms with Crippen molar-refractivity contribution in [2.24, 2.45) is 0 Å². The van der Waals surface area contributed by atoms with Crippen molar-refractivity contribution < 1.29 is 4.39 Å². The van der Waals surface area contributed by atoms with Gasteiger partial charge in [-0.1, -0.05) is 41.4 Å². The molecule has 2 heterocycles. The van der Waals surface area contributed by atoms with E-state index in [1.165, 1.54) is 10.5 Å². The molecule has 32 heavy (non-hydrogen) atoms. The molecule has 2 N–H and O–H groups in total. The van der Waals surface area contributed by atoms with Crippen molar-refractivity contribution in [2.45, 2.75) is 36.7 Å². The van der Waals surface area contributed by atoms with Crippen molar-refractivity contribution in [1.29, 1.82) is 0 Å². The predicted octanol–water partition coefficient (Wildman–Crippen LogP) is 7.87. The van der Waals surface area contributed by atoms with E-state index in [1.807, 2.05) is 54.2 Å². The van der Waals surface area contributed by atoms with E-state index in [0.717, 1.165) is 58.8 Å². The van der Waals surface area contributed by atoms with Crippen LogP contribution in [0.25, 0.3) is 22.0 Å². The van der Waals surface area contributed by atoms with Gasteiger partial charge in [0.1, 0.15) is 5.82 Å². The van der Waals surface area contributed by atoms with E-state index in [4.69, 9.17) is 23.2 Å². The van der Waals surface area contributed by atoms with E-state index >= 15 is 0 Å². The Labute approximate surface area is 201 Å². The topological polar surface area (TPSA) is 27.8 Å². The van der Waals surface area contributed by atoms with Gasteiger partial charge in [-0.2, -0.15) is 0 Å². The summed E-state index contributed by atoms with van der Waals surface area (Å²) >= 11 is 13.9. The van der Waals surface area contributed by atoms with Crippen molar-refractivity contribution >= 4 is 45.9 Å². The zero-order valence-corrected chi connectivity index (χ0v) is 19.8. The summed E-state index contributed by atoms with van der Waals surface area (Å²) < 4.78 is 14.7. The molecule has 3 aromatic carbocycles. The molecule has 0 aliphatic carbocycles. The summed E-state index contributed by atoms with van der Waals surface area (Å²) in [7, 11) is 0. The van der Waals surface area contributed by atoms with Gasteiger partial charge < -0.3 is 10.3 Å². The molecule has 0 saturated heterocycles. The second kappa shape index (κ2) is 9.48. The van der Waals surface area contributed by atoms with Crippen LogP contribution in [-0.2, 0) is 13.0 Å². The lowest BCUT2D eigenvalue weighted by Gasteiger charge is -2.24. The molecular formula is C26H23Cl2FN2S. The third-order valence-corrected chi connectivity index (χ3v) is 7.65. The Morgan fingerprint density at radius 1 is 0.938 bits per heavy atom. The first kappa shape index (κ1) is 21.8. The smallest absolute Gasteiger partial charge is 0.147 e. The highest BCUT2D eigenvalue weighted by Crippen LogP contribution is 2.37. The van der Waals surface area contributed by atoms with Gasteiger partial charge in [0.15, 0.2) is 0 Å². The number of hydrogen-bond acceptors (Lipinski definition) is 2. The van der Waals surface area contributed by atoms with Crippen LogP contribution in [0, 0.1) is 5.82 Å². The highest BCUT2D eigenvalue weighted by Gasteiger charge is 2.24. The second-order valence-corrected chi connectivity index (χ2v) is 10.2. The number of aromatic nitrogens is 1. The van der Waals surface area contributed by atoms with Crippen LogP contribution >= 0.6 is 35.0 Å². The van der Waals surface area contributed by atoms with Crippen LogP contribution in [0.3, 0.4) is 0 Å². The van der Waals surface area contributed by atoms with E-state index in [9.17, 15) is 4.39 Å². The molecule has 0 spiro atoms. The monoisotopic (exact) mass is 484 g/mol. The molecule has 4 aromatic rings. The minimum absolute atomic E-state index is 0.206. The number of H-pyrrole nitrogens is 1. The van der Waals surface area contributed by atoms with Crippen molar-refractivity contribution in [1.82, 2.24) is 10.3 Å². The molecule has 1 aliphatic rings. The highest BCUT2D eigenvalue weighted by atomic mass is 35.5. The summed E-state index contributed by atoms with van der Waals surface area (Å²) in [5, 5.41) is 6.12. The number of benzene rings is 3. The van der Waals surface area contributed by atoms with Crippen LogP contribution in [0.15, 0.2) is 65.6 Å². The number of aromatic amines is 1. The number of fused-ring (bicyclic) bond motifs is 3. The molecule has 5 rings (SSSR count). The van der Waals surface area contributed by atoms with Gasteiger partial charge in [0, 0.05) is 45.0 Å². The zero-order valence-electron chi connectivity index (χ0n) is 17.4. The van der Waals surface area contributed by atoms with Crippen LogP contribution in [0.5, 0.6) is 0 Å². The quantitative estimate of drug-likeness (QED) is 0.215. The van der Waals surface area contributed by atoms with E-state index in [2.05, 4.69) is 22.4 Å². The Balaban J connectivity index is 1.30. The van der Waals surface area contributed by atoms with Crippen molar-refractivity contribution in [3.63, 3.8) is 0 Å². The maximum absolute atomic E-state index is 14.7. The number of halogens is 3. The summed E-state index contributed by atoms with van der Waals surface area (Å²) in [6, 6.07) is 19.5. The molecule has 0 amide bonds. The van der Waals surface area contributed by atoms with Crippen LogP contribution < -0.4 is 5.32 Å². The summed E-state index contributed by atoms with van der Waals surface area (Å²) in [6.45, 7) is 0.744. The first-order chi connectivity index (χ1) is 15.6. The van der Waals surface area contributed by atoms with Crippen LogP contribution in [0.2, 0.25) is 10.0 Å². The molecule has 1 aliphatic heterocycles. The maximum Gasteiger partial charge on any atom is 0.147 e. The Morgan fingerprint density at radius 3 is 2.41 bits per heavy atom. The van der Waals surface area contributed by atoms with Crippen LogP contribution in [0.4, 0.5) is 4.39 Å². The highest BCUT2D eigenvalue weighted by molar-refractivity contribution is 7.99. The van der Waals surface area contributed by atoms with Gasteiger partial charge in [-0.05, 0) is 77.7 Å². The summed E-state index contributed by atoms with van der Waals surface area (Å²) in [6.07, 6.45) is 3.09. The van der Waals surface area contributed by atoms with Crippen LogP contribution in [-0.4, -0.2) is 16.8 Å². The van der Waals surface area contributed by atoms with Gasteiger partial charge in [-0.25, -0.2) is 4.39 Å². The molecule has 1 atom stereocenters. The Kier molecular flexibility index (Phi) is 6.47. The Hall–Kier alpha value is -1.98. The molecule has 1 unspecified atom stereocenters. The van der Waals surface area contributed by atoms with Gasteiger partial charge in [0.05, 0.1) is 5.52 Å². The molecule has 0 fully saturated rings. The first-order valence-corrected chi connectivity index (χ1v) is 12.5. The summed E-state index contributed by atoms with van der Waals surface area (Å²) in [5.74, 6) is 0.859. The molecule has 1 aromatic heterocycles. The molecule has 164 valence electrons. The Morgan fingerprint density at radius 2 is 1.66 bits per heavy atom. The van der Waals surface area contributed by atoms with Gasteiger partial charge in [-0.15, -0.1) is 11.8 Å². The van der Waals surface area contributed by atoms with E-state index < -0.39 is 0 Å². The molecule has 0 saturated carbocycles. The van der Waals surface area contributed by atoms with Crippen molar-refractivity contribution in [2.75, 3.05) is 5.75 Å².